The Kier molecular flexibility index (Phi) is 3.77. The molecule has 12 heavy (non-hydrogen) atoms. The molecule has 66 valence electrons. The third-order valence-electron chi connectivity index (χ3n) is 1.82. The molecule has 0 aliphatic rings. The van der Waals surface area contributed by atoms with Gasteiger partial charge in [-0.05, 0) is 17.5 Å². The smallest absolute Gasteiger partial charge is 0.0572 e. The monoisotopic (exact) mass is 165 g/mol. The molecule has 1 aromatic rings. The predicted molar refractivity (Wildman–Crippen MR) is 49.7 cm³/mol. The van der Waals surface area contributed by atoms with Gasteiger partial charge in [-0.25, -0.2) is 0 Å². The van der Waals surface area contributed by atoms with E-state index in [2.05, 4.69) is 36.7 Å². The Bertz CT molecular complexity index is 235. The maximum atomic E-state index is 4.77. The van der Waals surface area contributed by atoms with E-state index in [1.165, 1.54) is 11.1 Å². The molecule has 2 heteroatoms. The molecule has 0 spiro atoms. The van der Waals surface area contributed by atoms with Gasteiger partial charge in [0.1, 0.15) is 0 Å². The van der Waals surface area contributed by atoms with E-state index in [4.69, 9.17) is 4.84 Å². The Labute approximate surface area is 73.5 Å². The molecule has 0 bridgehead atoms. The van der Waals surface area contributed by atoms with E-state index in [0.29, 0.717) is 0 Å². The molecule has 0 atom stereocenters. The van der Waals surface area contributed by atoms with Crippen LogP contribution in [0.5, 0.6) is 0 Å². The molecule has 1 rings (SSSR count). The summed E-state index contributed by atoms with van der Waals surface area (Å²) >= 11 is 0. The second-order valence-corrected chi connectivity index (χ2v) is 2.70. The van der Waals surface area contributed by atoms with Crippen LogP contribution in [0.1, 0.15) is 18.1 Å². The van der Waals surface area contributed by atoms with E-state index < -0.39 is 0 Å². The maximum absolute atomic E-state index is 4.77. The van der Waals surface area contributed by atoms with E-state index in [9.17, 15) is 0 Å². The van der Waals surface area contributed by atoms with Crippen LogP contribution in [0.25, 0.3) is 0 Å². The summed E-state index contributed by atoms with van der Waals surface area (Å²) in [6, 6.07) is 8.49. The molecule has 1 N–H and O–H groups in total. The average Bonchev–Trinajstić information content (AvgIpc) is 2.15. The minimum Gasteiger partial charge on any atom is -0.305 e. The van der Waals surface area contributed by atoms with Gasteiger partial charge in [0.15, 0.2) is 0 Å². The van der Waals surface area contributed by atoms with Crippen molar-refractivity contribution in [2.24, 2.45) is 0 Å². The number of hydrogen-bond acceptors (Lipinski definition) is 2. The second kappa shape index (κ2) is 4.91. The summed E-state index contributed by atoms with van der Waals surface area (Å²) in [7, 11) is 1.63. The first-order chi connectivity index (χ1) is 5.86. The molecule has 2 nitrogen and oxygen atoms in total. The Morgan fingerprint density at radius 3 is 2.75 bits per heavy atom. The van der Waals surface area contributed by atoms with Crippen molar-refractivity contribution in [3.05, 3.63) is 35.4 Å². The van der Waals surface area contributed by atoms with Crippen LogP contribution in [0.4, 0.5) is 0 Å². The van der Waals surface area contributed by atoms with E-state index in [1.807, 2.05) is 0 Å². The third-order valence-corrected chi connectivity index (χ3v) is 1.82. The predicted octanol–water partition coefficient (Wildman–Crippen LogP) is 1.90. The van der Waals surface area contributed by atoms with Crippen LogP contribution in [-0.2, 0) is 17.8 Å². The van der Waals surface area contributed by atoms with E-state index in [-0.39, 0.29) is 0 Å². The second-order valence-electron chi connectivity index (χ2n) is 2.70. The number of aryl methyl sites for hydroxylation is 1. The van der Waals surface area contributed by atoms with Crippen LogP contribution in [0.15, 0.2) is 24.3 Å². The molecule has 0 aliphatic heterocycles. The van der Waals surface area contributed by atoms with Crippen molar-refractivity contribution in [1.29, 1.82) is 0 Å². The highest BCUT2D eigenvalue weighted by molar-refractivity contribution is 5.23. The van der Waals surface area contributed by atoms with Gasteiger partial charge in [-0.1, -0.05) is 31.2 Å². The quantitative estimate of drug-likeness (QED) is 0.688. The van der Waals surface area contributed by atoms with Gasteiger partial charge in [0, 0.05) is 6.54 Å². The van der Waals surface area contributed by atoms with Crippen LogP contribution in [0, 0.1) is 0 Å². The fourth-order valence-electron chi connectivity index (χ4n) is 1.12. The van der Waals surface area contributed by atoms with Gasteiger partial charge in [0.2, 0.25) is 0 Å². The summed E-state index contributed by atoms with van der Waals surface area (Å²) in [4.78, 5) is 4.77. The zero-order valence-electron chi connectivity index (χ0n) is 7.63. The zero-order valence-corrected chi connectivity index (χ0v) is 7.63. The molecule has 0 saturated heterocycles. The van der Waals surface area contributed by atoms with Gasteiger partial charge in [0.25, 0.3) is 0 Å². The standard InChI is InChI=1S/C10H15NO/c1-3-9-5-4-6-10(7-9)8-11-12-2/h4-7,11H,3,8H2,1-2H3. The number of rotatable bonds is 4. The van der Waals surface area contributed by atoms with Gasteiger partial charge >= 0.3 is 0 Å². The molecule has 0 unspecified atom stereocenters. The van der Waals surface area contributed by atoms with Crippen LogP contribution < -0.4 is 5.48 Å². The molecule has 0 radical (unpaired) electrons. The number of hydrogen-bond donors (Lipinski definition) is 1. The number of benzene rings is 1. The van der Waals surface area contributed by atoms with E-state index in [1.54, 1.807) is 7.11 Å². The normalized spacial score (nSPS) is 10.2. The average molecular weight is 165 g/mol. The molecule has 0 saturated carbocycles. The van der Waals surface area contributed by atoms with Gasteiger partial charge in [-0.2, -0.15) is 5.48 Å². The van der Waals surface area contributed by atoms with Crippen molar-refractivity contribution in [2.45, 2.75) is 19.9 Å². The van der Waals surface area contributed by atoms with Crippen molar-refractivity contribution >= 4 is 0 Å². The van der Waals surface area contributed by atoms with Gasteiger partial charge in [-0.3, -0.25) is 0 Å². The molecule has 0 aromatic heterocycles. The van der Waals surface area contributed by atoms with Gasteiger partial charge in [-0.15, -0.1) is 0 Å². The molecule has 0 heterocycles. The fraction of sp³-hybridized carbons (Fsp3) is 0.400. The maximum Gasteiger partial charge on any atom is 0.0572 e. The van der Waals surface area contributed by atoms with Crippen molar-refractivity contribution < 1.29 is 4.84 Å². The molecule has 0 fully saturated rings. The van der Waals surface area contributed by atoms with E-state index in [0.717, 1.165) is 13.0 Å². The lowest BCUT2D eigenvalue weighted by molar-refractivity contribution is 0.0867. The minimum absolute atomic E-state index is 0.768. The summed E-state index contributed by atoms with van der Waals surface area (Å²) in [6.45, 7) is 2.92. The first-order valence-electron chi connectivity index (χ1n) is 4.20. The minimum atomic E-state index is 0.768. The topological polar surface area (TPSA) is 21.3 Å². The summed E-state index contributed by atoms with van der Waals surface area (Å²) < 4.78 is 0. The van der Waals surface area contributed by atoms with E-state index >= 15 is 0 Å². The lowest BCUT2D eigenvalue weighted by Crippen LogP contribution is -2.10. The Morgan fingerprint density at radius 1 is 1.33 bits per heavy atom. The third kappa shape index (κ3) is 2.64. The van der Waals surface area contributed by atoms with Crippen LogP contribution in [0.3, 0.4) is 0 Å². The summed E-state index contributed by atoms with van der Waals surface area (Å²) in [5.74, 6) is 0. The Hall–Kier alpha value is -0.860. The highest BCUT2D eigenvalue weighted by Crippen LogP contribution is 2.05. The molecule has 1 aromatic carbocycles. The number of hydroxylamine groups is 1. The number of nitrogens with one attached hydrogen (secondary N) is 1. The highest BCUT2D eigenvalue weighted by Gasteiger charge is 1.92. The SMILES string of the molecule is CCc1cccc(CNOC)c1. The molecular weight excluding hydrogens is 150 g/mol. The van der Waals surface area contributed by atoms with Crippen molar-refractivity contribution in [3.63, 3.8) is 0 Å². The fourth-order valence-corrected chi connectivity index (χ4v) is 1.12. The van der Waals surface area contributed by atoms with Crippen LogP contribution >= 0.6 is 0 Å². The lowest BCUT2D eigenvalue weighted by atomic mass is 10.1. The van der Waals surface area contributed by atoms with Crippen molar-refractivity contribution in [2.75, 3.05) is 7.11 Å². The van der Waals surface area contributed by atoms with Gasteiger partial charge in [0.05, 0.1) is 7.11 Å². The first kappa shape index (κ1) is 9.23. The summed E-state index contributed by atoms with van der Waals surface area (Å²) in [5, 5.41) is 0. The lowest BCUT2D eigenvalue weighted by Gasteiger charge is -2.03. The summed E-state index contributed by atoms with van der Waals surface area (Å²) in [5.41, 5.74) is 5.44. The zero-order chi connectivity index (χ0) is 8.81. The van der Waals surface area contributed by atoms with Crippen LogP contribution in [0.2, 0.25) is 0 Å². The largest absolute Gasteiger partial charge is 0.305 e. The first-order valence-corrected chi connectivity index (χ1v) is 4.20. The van der Waals surface area contributed by atoms with Crippen LogP contribution in [-0.4, -0.2) is 7.11 Å². The summed E-state index contributed by atoms with van der Waals surface area (Å²) in [6.07, 6.45) is 1.08. The van der Waals surface area contributed by atoms with Crippen molar-refractivity contribution in [1.82, 2.24) is 5.48 Å². The Morgan fingerprint density at radius 2 is 2.08 bits per heavy atom. The van der Waals surface area contributed by atoms with Gasteiger partial charge < -0.3 is 4.84 Å². The van der Waals surface area contributed by atoms with Crippen molar-refractivity contribution in [3.8, 4) is 0 Å². The molecular formula is C10H15NO. The highest BCUT2D eigenvalue weighted by atomic mass is 16.6. The molecule has 0 amide bonds. The Balaban J connectivity index is 2.60. The molecule has 0 aliphatic carbocycles.